The number of hydrogen-bond donors (Lipinski definition) is 1. The number of rotatable bonds is 5. The van der Waals surface area contributed by atoms with Gasteiger partial charge in [-0.1, -0.05) is 0 Å². The highest BCUT2D eigenvalue weighted by Gasteiger charge is 2.23. The van der Waals surface area contributed by atoms with Gasteiger partial charge in [0, 0.05) is 13.1 Å². The van der Waals surface area contributed by atoms with Crippen LogP contribution in [0.25, 0.3) is 16.9 Å². The fraction of sp³-hybridized carbons (Fsp3) is 0.353. The molecule has 1 aliphatic rings. The van der Waals surface area contributed by atoms with Crippen LogP contribution in [0, 0.1) is 0 Å². The van der Waals surface area contributed by atoms with Gasteiger partial charge >= 0.3 is 6.55 Å². The van der Waals surface area contributed by atoms with Gasteiger partial charge < -0.3 is 15.4 Å². The third-order valence-electron chi connectivity index (χ3n) is 4.77. The Morgan fingerprint density at radius 1 is 1.19 bits per heavy atom. The van der Waals surface area contributed by atoms with Gasteiger partial charge in [0.25, 0.3) is 0 Å². The molecule has 0 amide bonds. The molecule has 0 aromatic carbocycles. The lowest BCUT2D eigenvalue weighted by Gasteiger charge is -2.26. The highest BCUT2D eigenvalue weighted by molar-refractivity contribution is 9.11. The average molecular weight is 512 g/mol. The summed E-state index contributed by atoms with van der Waals surface area (Å²) in [6, 6.07) is 0. The molecule has 1 aliphatic heterocycles. The summed E-state index contributed by atoms with van der Waals surface area (Å²) < 4.78 is 34.8. The Balaban J connectivity index is 1.67. The van der Waals surface area contributed by atoms with Crippen molar-refractivity contribution in [3.8, 4) is 5.69 Å². The van der Waals surface area contributed by atoms with Crippen molar-refractivity contribution in [1.82, 2.24) is 34.3 Å². The molecule has 0 unspecified atom stereocenters. The molecule has 2 N–H and O–H groups in total. The zero-order valence-electron chi connectivity index (χ0n) is 16.0. The number of anilines is 2. The maximum atomic E-state index is 13.2. The van der Waals surface area contributed by atoms with E-state index in [9.17, 15) is 8.78 Å². The van der Waals surface area contributed by atoms with Gasteiger partial charge in [0.1, 0.15) is 10.8 Å². The highest BCUT2D eigenvalue weighted by atomic mass is 79.9. The van der Waals surface area contributed by atoms with Crippen molar-refractivity contribution in [1.29, 1.82) is 0 Å². The number of aromatic nitrogens is 7. The topological polar surface area (TPSA) is 113 Å². The van der Waals surface area contributed by atoms with Gasteiger partial charge in [0.15, 0.2) is 17.0 Å². The molecule has 31 heavy (non-hydrogen) atoms. The van der Waals surface area contributed by atoms with Crippen LogP contribution >= 0.6 is 27.3 Å². The van der Waals surface area contributed by atoms with Crippen LogP contribution in [0.4, 0.5) is 20.5 Å². The molecular weight excluding hydrogens is 496 g/mol. The van der Waals surface area contributed by atoms with Gasteiger partial charge in [-0.2, -0.15) is 23.8 Å². The standard InChI is InChI=1S/C17H16BrF2N9OS/c18-10-7-22-12(31-10)5-11-24-13-14(21)25-17(27-1-3-30-4-2-27)26-15(13)29(11)9-6-23-28(8-9)16(19)20/h6-8,16H,1-5H2,(H2,21,25,26). The number of alkyl halides is 2. The van der Waals surface area contributed by atoms with Crippen LogP contribution < -0.4 is 10.6 Å². The molecule has 0 spiro atoms. The van der Waals surface area contributed by atoms with Crippen LogP contribution in [0.15, 0.2) is 22.4 Å². The van der Waals surface area contributed by atoms with Gasteiger partial charge in [-0.05, 0) is 15.9 Å². The van der Waals surface area contributed by atoms with Crippen molar-refractivity contribution >= 4 is 50.2 Å². The van der Waals surface area contributed by atoms with Crippen molar-refractivity contribution in [3.05, 3.63) is 33.2 Å². The minimum absolute atomic E-state index is 0.216. The molecule has 0 radical (unpaired) electrons. The Morgan fingerprint density at radius 2 is 2.00 bits per heavy atom. The van der Waals surface area contributed by atoms with Gasteiger partial charge in [-0.3, -0.25) is 4.57 Å². The van der Waals surface area contributed by atoms with E-state index in [0.29, 0.717) is 66.0 Å². The van der Waals surface area contributed by atoms with Crippen molar-refractivity contribution in [2.24, 2.45) is 0 Å². The molecule has 0 aliphatic carbocycles. The first-order valence-corrected chi connectivity index (χ1v) is 10.9. The summed E-state index contributed by atoms with van der Waals surface area (Å²) >= 11 is 4.86. The number of imidazole rings is 1. The number of halogens is 3. The van der Waals surface area contributed by atoms with E-state index in [4.69, 9.17) is 10.5 Å². The number of hydrogen-bond acceptors (Lipinski definition) is 9. The van der Waals surface area contributed by atoms with Crippen LogP contribution in [0.1, 0.15) is 17.4 Å². The van der Waals surface area contributed by atoms with E-state index in [1.807, 2.05) is 4.90 Å². The number of ether oxygens (including phenoxy) is 1. The minimum atomic E-state index is -2.76. The normalized spacial score (nSPS) is 14.8. The second kappa shape index (κ2) is 8.09. The second-order valence-electron chi connectivity index (χ2n) is 6.74. The van der Waals surface area contributed by atoms with Crippen LogP contribution in [-0.4, -0.2) is 60.6 Å². The van der Waals surface area contributed by atoms with Gasteiger partial charge in [-0.25, -0.2) is 14.6 Å². The number of nitrogen functional groups attached to an aromatic ring is 1. The Bertz CT molecular complexity index is 1230. The molecule has 1 saturated heterocycles. The molecule has 162 valence electrons. The molecule has 10 nitrogen and oxygen atoms in total. The highest BCUT2D eigenvalue weighted by Crippen LogP contribution is 2.29. The summed E-state index contributed by atoms with van der Waals surface area (Å²) in [5.74, 6) is 1.21. The fourth-order valence-corrected chi connectivity index (χ4v) is 4.66. The largest absolute Gasteiger partial charge is 0.382 e. The lowest BCUT2D eigenvalue weighted by molar-refractivity contribution is 0.0566. The lowest BCUT2D eigenvalue weighted by atomic mass is 10.4. The third-order valence-corrected chi connectivity index (χ3v) is 6.24. The quantitative estimate of drug-likeness (QED) is 0.435. The van der Waals surface area contributed by atoms with E-state index in [1.54, 1.807) is 10.8 Å². The fourth-order valence-electron chi connectivity index (χ4n) is 3.36. The molecule has 5 heterocycles. The summed E-state index contributed by atoms with van der Waals surface area (Å²) in [6.07, 6.45) is 4.66. The van der Waals surface area contributed by atoms with Gasteiger partial charge in [0.2, 0.25) is 5.95 Å². The number of fused-ring (bicyclic) bond motifs is 1. The Labute approximate surface area is 186 Å². The number of thiazole rings is 1. The van der Waals surface area contributed by atoms with Crippen molar-refractivity contribution in [2.75, 3.05) is 36.9 Å². The number of nitrogens with two attached hydrogens (primary N) is 1. The minimum Gasteiger partial charge on any atom is -0.382 e. The van der Waals surface area contributed by atoms with Crippen LogP contribution in [0.2, 0.25) is 0 Å². The smallest absolute Gasteiger partial charge is 0.333 e. The summed E-state index contributed by atoms with van der Waals surface area (Å²) in [6.45, 7) is -0.381. The predicted molar refractivity (Wildman–Crippen MR) is 114 cm³/mol. The van der Waals surface area contributed by atoms with Crippen molar-refractivity contribution in [2.45, 2.75) is 13.0 Å². The van der Waals surface area contributed by atoms with Crippen molar-refractivity contribution < 1.29 is 13.5 Å². The van der Waals surface area contributed by atoms with E-state index in [1.165, 1.54) is 23.7 Å². The van der Waals surface area contributed by atoms with Crippen LogP contribution in [0.5, 0.6) is 0 Å². The van der Waals surface area contributed by atoms with E-state index in [0.717, 1.165) is 8.79 Å². The first-order valence-electron chi connectivity index (χ1n) is 9.30. The maximum absolute atomic E-state index is 13.2. The molecule has 0 bridgehead atoms. The second-order valence-corrected chi connectivity index (χ2v) is 9.23. The van der Waals surface area contributed by atoms with Gasteiger partial charge in [-0.15, -0.1) is 11.3 Å². The Kier molecular flexibility index (Phi) is 5.27. The number of morpholine rings is 1. The molecule has 5 rings (SSSR count). The molecule has 14 heteroatoms. The van der Waals surface area contributed by atoms with E-state index >= 15 is 0 Å². The molecule has 4 aromatic heterocycles. The van der Waals surface area contributed by atoms with Crippen molar-refractivity contribution in [3.63, 3.8) is 0 Å². The summed E-state index contributed by atoms with van der Waals surface area (Å²) in [5.41, 5.74) is 7.45. The third kappa shape index (κ3) is 3.85. The number of nitrogens with zero attached hydrogens (tertiary/aromatic N) is 8. The van der Waals surface area contributed by atoms with E-state index in [-0.39, 0.29) is 5.82 Å². The maximum Gasteiger partial charge on any atom is 0.333 e. The van der Waals surface area contributed by atoms with E-state index < -0.39 is 6.55 Å². The monoisotopic (exact) mass is 511 g/mol. The van der Waals surface area contributed by atoms with E-state index in [2.05, 4.69) is 41.0 Å². The lowest BCUT2D eigenvalue weighted by Crippen LogP contribution is -2.37. The molecule has 0 atom stereocenters. The summed E-state index contributed by atoms with van der Waals surface area (Å²) in [5, 5.41) is 4.56. The first-order chi connectivity index (χ1) is 15.0. The van der Waals surface area contributed by atoms with Crippen LogP contribution in [0.3, 0.4) is 0 Å². The Morgan fingerprint density at radius 3 is 2.68 bits per heavy atom. The summed E-state index contributed by atoms with van der Waals surface area (Å²) in [7, 11) is 0. The molecule has 4 aromatic rings. The van der Waals surface area contributed by atoms with Crippen LogP contribution in [-0.2, 0) is 11.2 Å². The predicted octanol–water partition coefficient (Wildman–Crippen LogP) is 2.64. The first kappa shape index (κ1) is 20.2. The summed E-state index contributed by atoms with van der Waals surface area (Å²) in [4.78, 5) is 20.1. The molecule has 1 fully saturated rings. The Hall–Kier alpha value is -2.71. The molecule has 0 saturated carbocycles. The van der Waals surface area contributed by atoms with Gasteiger partial charge in [0.05, 0.1) is 47.7 Å². The molecular formula is C17H16BrF2N9OS. The SMILES string of the molecule is Nc1nc(N2CCOCC2)nc2c1nc(Cc1ncc(Br)s1)n2-c1cnn(C(F)F)c1. The zero-order chi connectivity index (χ0) is 21.5. The zero-order valence-corrected chi connectivity index (χ0v) is 18.4. The average Bonchev–Trinajstić information content (AvgIpc) is 3.47.